The molecule has 0 unspecified atom stereocenters. The minimum absolute atomic E-state index is 0.196. The van der Waals surface area contributed by atoms with Crippen LogP contribution in [-0.4, -0.2) is 22.6 Å². The van der Waals surface area contributed by atoms with Crippen LogP contribution in [0.5, 0.6) is 0 Å². The molecule has 1 fully saturated rings. The molecule has 0 spiro atoms. The van der Waals surface area contributed by atoms with Gasteiger partial charge in [-0.2, -0.15) is 0 Å². The second-order valence-electron chi connectivity index (χ2n) is 7.14. The first-order valence-electron chi connectivity index (χ1n) is 8.80. The third-order valence-electron chi connectivity index (χ3n) is 5.43. The van der Waals surface area contributed by atoms with Crippen LogP contribution in [0, 0.1) is 5.92 Å². The highest BCUT2D eigenvalue weighted by molar-refractivity contribution is 7.13. The molecule has 2 bridgehead atoms. The van der Waals surface area contributed by atoms with Crippen LogP contribution in [0.1, 0.15) is 22.9 Å². The Morgan fingerprint density at radius 2 is 1.88 bits per heavy atom. The van der Waals surface area contributed by atoms with Gasteiger partial charge in [0.1, 0.15) is 0 Å². The molecule has 2 aliphatic rings. The quantitative estimate of drug-likeness (QED) is 0.690. The van der Waals surface area contributed by atoms with Crippen molar-refractivity contribution in [2.24, 2.45) is 5.92 Å². The molecule has 3 aromatic heterocycles. The molecule has 128 valence electrons. The molecule has 0 aromatic carbocycles. The lowest BCUT2D eigenvalue weighted by Crippen LogP contribution is -2.46. The molecule has 1 saturated heterocycles. The van der Waals surface area contributed by atoms with Crippen molar-refractivity contribution in [3.05, 3.63) is 68.1 Å². The van der Waals surface area contributed by atoms with Crippen molar-refractivity contribution >= 4 is 22.7 Å². The Bertz CT molecular complexity index is 927. The molecule has 0 aliphatic carbocycles. The normalized spacial score (nSPS) is 22.7. The molecule has 0 amide bonds. The second-order valence-corrected chi connectivity index (χ2v) is 9.12. The molecule has 3 aromatic rings. The molecule has 25 heavy (non-hydrogen) atoms. The van der Waals surface area contributed by atoms with Crippen LogP contribution in [0.15, 0.2) is 52.0 Å². The van der Waals surface area contributed by atoms with Crippen molar-refractivity contribution < 1.29 is 0 Å². The van der Waals surface area contributed by atoms with Gasteiger partial charge < -0.3 is 4.57 Å². The Hall–Kier alpha value is -1.69. The van der Waals surface area contributed by atoms with Gasteiger partial charge in [-0.05, 0) is 47.4 Å². The molecule has 5 heteroatoms. The van der Waals surface area contributed by atoms with E-state index in [1.807, 2.05) is 34.9 Å². The van der Waals surface area contributed by atoms with Crippen LogP contribution < -0.4 is 5.56 Å². The number of fused-ring (bicyclic) bond motifs is 4. The van der Waals surface area contributed by atoms with Crippen molar-refractivity contribution in [1.29, 1.82) is 0 Å². The van der Waals surface area contributed by atoms with E-state index in [0.717, 1.165) is 36.6 Å². The predicted octanol–water partition coefficient (Wildman–Crippen LogP) is 4.26. The van der Waals surface area contributed by atoms with Crippen molar-refractivity contribution in [1.82, 2.24) is 9.47 Å². The summed E-state index contributed by atoms with van der Waals surface area (Å²) < 4.78 is 2.07. The number of thiophene rings is 2. The van der Waals surface area contributed by atoms with Gasteiger partial charge in [0.2, 0.25) is 0 Å². The van der Waals surface area contributed by atoms with Crippen molar-refractivity contribution in [2.75, 3.05) is 13.1 Å². The molecule has 5 heterocycles. The Morgan fingerprint density at radius 1 is 1.00 bits per heavy atom. The lowest BCUT2D eigenvalue weighted by Gasteiger charge is -2.42. The maximum absolute atomic E-state index is 13.0. The van der Waals surface area contributed by atoms with E-state index in [9.17, 15) is 4.79 Å². The molecule has 2 atom stereocenters. The maximum Gasteiger partial charge on any atom is 0.259 e. The fourth-order valence-electron chi connectivity index (χ4n) is 4.42. The molecular weight excluding hydrogens is 348 g/mol. The van der Waals surface area contributed by atoms with Crippen molar-refractivity contribution in [3.63, 3.8) is 0 Å². The number of pyridine rings is 1. The predicted molar refractivity (Wildman–Crippen MR) is 104 cm³/mol. The Kier molecular flexibility index (Phi) is 3.88. The summed E-state index contributed by atoms with van der Waals surface area (Å²) in [4.78, 5) is 18.1. The number of hydrogen-bond donors (Lipinski definition) is 0. The molecule has 0 N–H and O–H groups in total. The first kappa shape index (κ1) is 15.6. The van der Waals surface area contributed by atoms with Crippen LogP contribution in [0.3, 0.4) is 0 Å². The van der Waals surface area contributed by atoms with E-state index >= 15 is 0 Å². The fraction of sp³-hybridized carbons (Fsp3) is 0.350. The number of likely N-dealkylation sites (tertiary alicyclic amines) is 1. The van der Waals surface area contributed by atoms with Gasteiger partial charge >= 0.3 is 0 Å². The first-order valence-corrected chi connectivity index (χ1v) is 10.6. The maximum atomic E-state index is 13.0. The monoisotopic (exact) mass is 368 g/mol. The standard InChI is InChI=1S/C20H20N2OS2/c23-20-17(19-4-2-8-25-19)5-6-18-15-9-14(11-22(18)20)10-21(12-15)13-16-3-1-7-24-16/h1-8,14-15H,9-13H2/t14-,15+/m0/s1. The number of hydrogen-bond acceptors (Lipinski definition) is 4. The highest BCUT2D eigenvalue weighted by Crippen LogP contribution is 2.36. The zero-order valence-corrected chi connectivity index (χ0v) is 15.6. The lowest BCUT2D eigenvalue weighted by atomic mass is 9.83. The molecular formula is C20H20N2OS2. The van der Waals surface area contributed by atoms with Gasteiger partial charge in [-0.1, -0.05) is 12.1 Å². The van der Waals surface area contributed by atoms with Gasteiger partial charge in [0.15, 0.2) is 0 Å². The highest BCUT2D eigenvalue weighted by atomic mass is 32.1. The number of rotatable bonds is 3. The molecule has 3 nitrogen and oxygen atoms in total. The van der Waals surface area contributed by atoms with E-state index in [-0.39, 0.29) is 5.56 Å². The summed E-state index contributed by atoms with van der Waals surface area (Å²) in [6.45, 7) is 4.07. The van der Waals surface area contributed by atoms with Crippen molar-refractivity contribution in [3.8, 4) is 10.4 Å². The van der Waals surface area contributed by atoms with Crippen LogP contribution in [-0.2, 0) is 13.1 Å². The van der Waals surface area contributed by atoms with Gasteiger partial charge in [0, 0.05) is 47.5 Å². The number of nitrogens with zero attached hydrogens (tertiary/aromatic N) is 2. The number of aromatic nitrogens is 1. The average Bonchev–Trinajstić information content (AvgIpc) is 3.29. The summed E-state index contributed by atoms with van der Waals surface area (Å²) in [5.41, 5.74) is 2.29. The van der Waals surface area contributed by atoms with E-state index in [1.165, 1.54) is 17.0 Å². The fourth-order valence-corrected chi connectivity index (χ4v) is 5.91. The number of piperidine rings is 1. The van der Waals surface area contributed by atoms with E-state index in [2.05, 4.69) is 33.0 Å². The second kappa shape index (κ2) is 6.24. The largest absolute Gasteiger partial charge is 0.311 e. The van der Waals surface area contributed by atoms with Crippen molar-refractivity contribution in [2.45, 2.75) is 25.4 Å². The van der Waals surface area contributed by atoms with Gasteiger partial charge in [-0.15, -0.1) is 22.7 Å². The van der Waals surface area contributed by atoms with E-state index in [1.54, 1.807) is 11.3 Å². The summed E-state index contributed by atoms with van der Waals surface area (Å²) >= 11 is 3.48. The van der Waals surface area contributed by atoms with Gasteiger partial charge in [-0.25, -0.2) is 0 Å². The summed E-state index contributed by atoms with van der Waals surface area (Å²) in [5, 5.41) is 4.19. The van der Waals surface area contributed by atoms with Crippen LogP contribution >= 0.6 is 22.7 Å². The summed E-state index contributed by atoms with van der Waals surface area (Å²) in [5.74, 6) is 1.07. The molecule has 0 radical (unpaired) electrons. The third kappa shape index (κ3) is 2.80. The van der Waals surface area contributed by atoms with Gasteiger partial charge in [0.05, 0.1) is 5.56 Å². The Morgan fingerprint density at radius 3 is 2.68 bits per heavy atom. The Labute approximate surface area is 155 Å². The Balaban J connectivity index is 1.46. The molecule has 5 rings (SSSR count). The smallest absolute Gasteiger partial charge is 0.259 e. The minimum Gasteiger partial charge on any atom is -0.311 e. The van der Waals surface area contributed by atoms with Crippen LogP contribution in [0.2, 0.25) is 0 Å². The van der Waals surface area contributed by atoms with Crippen LogP contribution in [0.4, 0.5) is 0 Å². The summed E-state index contributed by atoms with van der Waals surface area (Å²) in [6.07, 6.45) is 1.22. The summed E-state index contributed by atoms with van der Waals surface area (Å²) in [7, 11) is 0. The lowest BCUT2D eigenvalue weighted by molar-refractivity contribution is 0.115. The van der Waals surface area contributed by atoms with Gasteiger partial charge in [-0.3, -0.25) is 9.69 Å². The molecule has 2 aliphatic heterocycles. The van der Waals surface area contributed by atoms with E-state index in [4.69, 9.17) is 0 Å². The topological polar surface area (TPSA) is 25.2 Å². The van der Waals surface area contributed by atoms with Gasteiger partial charge in [0.25, 0.3) is 5.56 Å². The van der Waals surface area contributed by atoms with E-state index < -0.39 is 0 Å². The summed E-state index contributed by atoms with van der Waals surface area (Å²) in [6, 6.07) is 12.7. The molecule has 0 saturated carbocycles. The first-order chi connectivity index (χ1) is 12.3. The zero-order valence-electron chi connectivity index (χ0n) is 13.9. The highest BCUT2D eigenvalue weighted by Gasteiger charge is 2.35. The third-order valence-corrected chi connectivity index (χ3v) is 7.19. The van der Waals surface area contributed by atoms with E-state index in [0.29, 0.717) is 11.8 Å². The SMILES string of the molecule is O=c1c(-c2cccs2)ccc2n1C[C@H]1C[C@@H]2CN(Cc2cccs2)C1. The zero-order chi connectivity index (χ0) is 16.8. The minimum atomic E-state index is 0.196. The average molecular weight is 369 g/mol. The van der Waals surface area contributed by atoms with Crippen LogP contribution in [0.25, 0.3) is 10.4 Å².